The van der Waals surface area contributed by atoms with Gasteiger partial charge in [-0.3, -0.25) is 0 Å². The van der Waals surface area contributed by atoms with Crippen LogP contribution in [0.3, 0.4) is 0 Å². The molecule has 1 atom stereocenters. The number of rotatable bonds is 9. The maximum atomic E-state index is 5.86. The van der Waals surface area contributed by atoms with E-state index in [0.29, 0.717) is 18.0 Å². The Hall–Kier alpha value is -1.72. The highest BCUT2D eigenvalue weighted by molar-refractivity contribution is 5.52. The maximum absolute atomic E-state index is 5.86. The number of ether oxygens (including phenoxy) is 3. The second kappa shape index (κ2) is 8.45. The lowest BCUT2D eigenvalue weighted by Crippen LogP contribution is -2.29. The summed E-state index contributed by atoms with van der Waals surface area (Å²) in [4.78, 5) is 0. The van der Waals surface area contributed by atoms with Crippen LogP contribution in [0, 0.1) is 0 Å². The summed E-state index contributed by atoms with van der Waals surface area (Å²) >= 11 is 0. The van der Waals surface area contributed by atoms with Crippen molar-refractivity contribution in [3.63, 3.8) is 0 Å². The van der Waals surface area contributed by atoms with Crippen LogP contribution < -0.4 is 25.3 Å². The average molecular weight is 280 g/mol. The number of benzene rings is 1. The first-order chi connectivity index (χ1) is 9.71. The second-order valence-electron chi connectivity index (χ2n) is 4.27. The lowest BCUT2D eigenvalue weighted by atomic mass is 10.0. The first-order valence-corrected chi connectivity index (χ1v) is 6.56. The number of nitrogens with two attached hydrogens (primary N) is 1. The minimum absolute atomic E-state index is 0.00953. The molecule has 0 heterocycles. The van der Waals surface area contributed by atoms with E-state index >= 15 is 0 Å². The molecule has 0 saturated carbocycles. The molecule has 112 valence electrons. The van der Waals surface area contributed by atoms with Gasteiger partial charge in [0.2, 0.25) is 0 Å². The van der Waals surface area contributed by atoms with Crippen LogP contribution in [-0.2, 0) is 0 Å². The first kappa shape index (κ1) is 16.3. The van der Waals surface area contributed by atoms with E-state index in [1.165, 1.54) is 0 Å². The highest BCUT2D eigenvalue weighted by atomic mass is 16.5. The largest absolute Gasteiger partial charge is 0.496 e. The summed E-state index contributed by atoms with van der Waals surface area (Å²) in [5.74, 6) is 2.02. The zero-order valence-electron chi connectivity index (χ0n) is 12.4. The van der Waals surface area contributed by atoms with Crippen molar-refractivity contribution in [2.45, 2.75) is 12.5 Å². The summed E-state index contributed by atoms with van der Waals surface area (Å²) in [6.45, 7) is 4.98. The molecular weight excluding hydrogens is 256 g/mol. The Balaban J connectivity index is 3.08. The number of hydrogen-bond acceptors (Lipinski definition) is 5. The molecule has 0 saturated heterocycles. The number of hydrogen-bond donors (Lipinski definition) is 2. The van der Waals surface area contributed by atoms with Crippen molar-refractivity contribution >= 4 is 0 Å². The van der Waals surface area contributed by atoms with Crippen molar-refractivity contribution in [1.82, 2.24) is 5.32 Å². The molecule has 20 heavy (non-hydrogen) atoms. The van der Waals surface area contributed by atoms with Gasteiger partial charge in [-0.2, -0.15) is 0 Å². The predicted molar refractivity (Wildman–Crippen MR) is 80.7 cm³/mol. The monoisotopic (exact) mass is 280 g/mol. The maximum Gasteiger partial charge on any atom is 0.164 e. The molecule has 1 aromatic carbocycles. The zero-order valence-corrected chi connectivity index (χ0v) is 12.4. The standard InChI is InChI=1S/C15H24N2O3/c1-5-6-7-17-12(10-16)11-8-14(19-3)15(20-4)9-13(11)18-2/h5,8-9,12,17H,1,6-7,10,16H2,2-4H3. The van der Waals surface area contributed by atoms with Gasteiger partial charge in [0.05, 0.1) is 21.3 Å². The topological polar surface area (TPSA) is 65.7 Å². The van der Waals surface area contributed by atoms with Crippen LogP contribution in [0.4, 0.5) is 0 Å². The molecule has 0 amide bonds. The van der Waals surface area contributed by atoms with Crippen LogP contribution in [0.5, 0.6) is 17.2 Å². The summed E-state index contributed by atoms with van der Waals surface area (Å²) in [6, 6.07) is 3.70. The molecule has 5 nitrogen and oxygen atoms in total. The lowest BCUT2D eigenvalue weighted by Gasteiger charge is -2.21. The first-order valence-electron chi connectivity index (χ1n) is 6.56. The molecule has 0 aliphatic carbocycles. The van der Waals surface area contributed by atoms with Crippen LogP contribution in [0.25, 0.3) is 0 Å². The molecule has 0 bridgehead atoms. The highest BCUT2D eigenvalue weighted by Crippen LogP contribution is 2.37. The van der Waals surface area contributed by atoms with Crippen molar-refractivity contribution in [2.75, 3.05) is 34.4 Å². The van der Waals surface area contributed by atoms with Crippen LogP contribution in [0.15, 0.2) is 24.8 Å². The zero-order chi connectivity index (χ0) is 15.0. The van der Waals surface area contributed by atoms with Gasteiger partial charge in [0.15, 0.2) is 11.5 Å². The Labute approximate surface area is 120 Å². The Bertz CT molecular complexity index is 435. The third-order valence-corrected chi connectivity index (χ3v) is 3.09. The number of nitrogens with one attached hydrogen (secondary N) is 1. The SMILES string of the molecule is C=CCCNC(CN)c1cc(OC)c(OC)cc1OC. The molecule has 1 aromatic rings. The summed E-state index contributed by atoms with van der Waals surface area (Å²) in [6.07, 6.45) is 2.75. The Morgan fingerprint density at radius 1 is 1.15 bits per heavy atom. The molecule has 1 unspecified atom stereocenters. The van der Waals surface area contributed by atoms with E-state index < -0.39 is 0 Å². The van der Waals surface area contributed by atoms with Gasteiger partial charge in [0.1, 0.15) is 5.75 Å². The van der Waals surface area contributed by atoms with Crippen molar-refractivity contribution in [3.8, 4) is 17.2 Å². The smallest absolute Gasteiger partial charge is 0.164 e. The summed E-state index contributed by atoms with van der Waals surface area (Å²) in [7, 11) is 4.83. The fourth-order valence-electron chi connectivity index (χ4n) is 2.01. The Morgan fingerprint density at radius 3 is 2.25 bits per heavy atom. The molecular formula is C15H24N2O3. The normalized spacial score (nSPS) is 11.8. The highest BCUT2D eigenvalue weighted by Gasteiger charge is 2.18. The third-order valence-electron chi connectivity index (χ3n) is 3.09. The summed E-state index contributed by atoms with van der Waals surface area (Å²) in [5, 5.41) is 3.38. The van der Waals surface area contributed by atoms with Gasteiger partial charge in [-0.25, -0.2) is 0 Å². The van der Waals surface area contributed by atoms with Gasteiger partial charge in [-0.1, -0.05) is 6.08 Å². The molecule has 1 rings (SSSR count). The van der Waals surface area contributed by atoms with Gasteiger partial charge in [0.25, 0.3) is 0 Å². The van der Waals surface area contributed by atoms with Crippen molar-refractivity contribution in [2.24, 2.45) is 5.73 Å². The third kappa shape index (κ3) is 3.88. The van der Waals surface area contributed by atoms with Crippen LogP contribution >= 0.6 is 0 Å². The molecule has 0 spiro atoms. The Morgan fingerprint density at radius 2 is 1.75 bits per heavy atom. The van der Waals surface area contributed by atoms with Gasteiger partial charge in [-0.05, 0) is 19.0 Å². The molecule has 0 fully saturated rings. The fourth-order valence-corrected chi connectivity index (χ4v) is 2.01. The van der Waals surface area contributed by atoms with E-state index in [4.69, 9.17) is 19.9 Å². The average Bonchev–Trinajstić information content (AvgIpc) is 2.50. The van der Waals surface area contributed by atoms with Crippen molar-refractivity contribution in [3.05, 3.63) is 30.4 Å². The van der Waals surface area contributed by atoms with Crippen LogP contribution in [0.2, 0.25) is 0 Å². The minimum atomic E-state index is -0.00953. The summed E-state index contributed by atoms with van der Waals surface area (Å²) in [5.41, 5.74) is 6.81. The molecule has 0 aliphatic heterocycles. The van der Waals surface area contributed by atoms with Crippen molar-refractivity contribution < 1.29 is 14.2 Å². The van der Waals surface area contributed by atoms with E-state index in [1.807, 2.05) is 18.2 Å². The van der Waals surface area contributed by atoms with E-state index in [1.54, 1.807) is 21.3 Å². The van der Waals surface area contributed by atoms with E-state index in [-0.39, 0.29) is 6.04 Å². The molecule has 0 radical (unpaired) electrons. The lowest BCUT2D eigenvalue weighted by molar-refractivity contribution is 0.345. The van der Waals surface area contributed by atoms with Gasteiger partial charge < -0.3 is 25.3 Å². The molecule has 0 aromatic heterocycles. The Kier molecular flexibility index (Phi) is 6.90. The van der Waals surface area contributed by atoms with Crippen LogP contribution in [0.1, 0.15) is 18.0 Å². The quantitative estimate of drug-likeness (QED) is 0.534. The van der Waals surface area contributed by atoms with E-state index in [9.17, 15) is 0 Å². The molecule has 0 aliphatic rings. The molecule has 5 heteroatoms. The van der Waals surface area contributed by atoms with Crippen LogP contribution in [-0.4, -0.2) is 34.4 Å². The molecule has 3 N–H and O–H groups in total. The van der Waals surface area contributed by atoms with E-state index in [2.05, 4.69) is 11.9 Å². The minimum Gasteiger partial charge on any atom is -0.496 e. The summed E-state index contributed by atoms with van der Waals surface area (Å²) < 4.78 is 16.0. The van der Waals surface area contributed by atoms with Gasteiger partial charge in [0, 0.05) is 24.2 Å². The predicted octanol–water partition coefficient (Wildman–Crippen LogP) is 1.88. The fraction of sp³-hybridized carbons (Fsp3) is 0.467. The van der Waals surface area contributed by atoms with E-state index in [0.717, 1.165) is 24.3 Å². The van der Waals surface area contributed by atoms with Gasteiger partial charge in [-0.15, -0.1) is 6.58 Å². The van der Waals surface area contributed by atoms with Crippen molar-refractivity contribution in [1.29, 1.82) is 0 Å². The second-order valence-corrected chi connectivity index (χ2v) is 4.27. The van der Waals surface area contributed by atoms with Gasteiger partial charge >= 0.3 is 0 Å². The number of methoxy groups -OCH3 is 3.